The highest BCUT2D eigenvalue weighted by atomic mass is 35.5. The maximum atomic E-state index is 13.4. The lowest BCUT2D eigenvalue weighted by molar-refractivity contribution is -0.114. The van der Waals surface area contributed by atoms with Crippen LogP contribution in [0.2, 0.25) is 5.02 Å². The van der Waals surface area contributed by atoms with E-state index in [2.05, 4.69) is 19.2 Å². The number of hydrogen-bond donors (Lipinski definition) is 1. The van der Waals surface area contributed by atoms with Gasteiger partial charge in [-0.05, 0) is 48.2 Å². The number of benzene rings is 3. The van der Waals surface area contributed by atoms with E-state index in [0.717, 1.165) is 21.1 Å². The van der Waals surface area contributed by atoms with Gasteiger partial charge in [-0.25, -0.2) is 8.42 Å². The van der Waals surface area contributed by atoms with E-state index < -0.39 is 15.9 Å². The molecule has 1 heterocycles. The van der Waals surface area contributed by atoms with Crippen LogP contribution in [-0.4, -0.2) is 20.9 Å². The number of aryl methyl sites for hydroxylation is 1. The second-order valence-corrected chi connectivity index (χ2v) is 10.2. The quantitative estimate of drug-likeness (QED) is 0.559. The second-order valence-electron chi connectivity index (χ2n) is 7.91. The van der Waals surface area contributed by atoms with Crippen molar-refractivity contribution in [2.75, 3.05) is 16.2 Å². The molecule has 0 aliphatic carbocycles. The molecule has 0 saturated heterocycles. The number of sulfonamides is 1. The summed E-state index contributed by atoms with van der Waals surface area (Å²) in [6, 6.07) is 17.6. The Morgan fingerprint density at radius 3 is 2.52 bits per heavy atom. The highest BCUT2D eigenvalue weighted by Gasteiger charge is 2.36. The summed E-state index contributed by atoms with van der Waals surface area (Å²) >= 11 is 6.19. The molecule has 0 atom stereocenters. The van der Waals surface area contributed by atoms with Crippen molar-refractivity contribution in [3.63, 3.8) is 0 Å². The molecule has 1 aliphatic heterocycles. The SMILES string of the molecule is Cc1cccc(C(C)C)c1NC(=O)CN1c2ccc(Cl)cc2-c2ccccc2S1(=O)=O. The lowest BCUT2D eigenvalue weighted by Crippen LogP contribution is -2.40. The van der Waals surface area contributed by atoms with Crippen molar-refractivity contribution >= 4 is 38.9 Å². The number of rotatable bonds is 4. The maximum Gasteiger partial charge on any atom is 0.265 e. The van der Waals surface area contributed by atoms with Crippen molar-refractivity contribution in [2.24, 2.45) is 0 Å². The Morgan fingerprint density at radius 2 is 1.77 bits per heavy atom. The van der Waals surface area contributed by atoms with Crippen molar-refractivity contribution < 1.29 is 13.2 Å². The van der Waals surface area contributed by atoms with Crippen molar-refractivity contribution in [1.29, 1.82) is 0 Å². The summed E-state index contributed by atoms with van der Waals surface area (Å²) < 4.78 is 27.9. The number of nitrogens with zero attached hydrogens (tertiary/aromatic N) is 1. The first-order valence-corrected chi connectivity index (χ1v) is 11.8. The summed E-state index contributed by atoms with van der Waals surface area (Å²) in [6.07, 6.45) is 0. The van der Waals surface area contributed by atoms with Gasteiger partial charge in [0.1, 0.15) is 6.54 Å². The number of para-hydroxylation sites is 1. The summed E-state index contributed by atoms with van der Waals surface area (Å²) in [7, 11) is -3.90. The van der Waals surface area contributed by atoms with Crippen molar-refractivity contribution in [1.82, 2.24) is 0 Å². The smallest absolute Gasteiger partial charge is 0.265 e. The molecule has 1 aliphatic rings. The third-order valence-electron chi connectivity index (χ3n) is 5.45. The molecule has 4 rings (SSSR count). The molecule has 0 unspecified atom stereocenters. The minimum absolute atomic E-state index is 0.163. The Bertz CT molecular complexity index is 1290. The molecule has 0 bridgehead atoms. The lowest BCUT2D eigenvalue weighted by Gasteiger charge is -2.32. The molecular formula is C24H23ClN2O3S. The maximum absolute atomic E-state index is 13.4. The number of carbonyl (C=O) groups is 1. The van der Waals surface area contributed by atoms with Gasteiger partial charge in [0.15, 0.2) is 0 Å². The summed E-state index contributed by atoms with van der Waals surface area (Å²) in [5.74, 6) is -0.191. The molecule has 3 aromatic carbocycles. The second kappa shape index (κ2) is 8.02. The van der Waals surface area contributed by atoms with E-state index in [1.807, 2.05) is 25.1 Å². The minimum atomic E-state index is -3.90. The number of fused-ring (bicyclic) bond motifs is 3. The van der Waals surface area contributed by atoms with Gasteiger partial charge in [0.2, 0.25) is 5.91 Å². The standard InChI is InChI=1S/C24H23ClN2O3S/c1-15(2)18-9-6-7-16(3)24(18)26-23(28)14-27-21-12-11-17(25)13-20(21)19-8-4-5-10-22(19)31(27,29)30/h4-13,15H,14H2,1-3H3,(H,26,28). The molecule has 0 radical (unpaired) electrons. The molecule has 7 heteroatoms. The Hall–Kier alpha value is -2.83. The normalized spacial score (nSPS) is 14.2. The minimum Gasteiger partial charge on any atom is -0.324 e. The van der Waals surface area contributed by atoms with Gasteiger partial charge in [-0.1, -0.05) is 61.8 Å². The Morgan fingerprint density at radius 1 is 1.03 bits per heavy atom. The largest absolute Gasteiger partial charge is 0.324 e. The Labute approximate surface area is 187 Å². The molecule has 0 spiro atoms. The van der Waals surface area contributed by atoms with Crippen LogP contribution in [0.3, 0.4) is 0 Å². The van der Waals surface area contributed by atoms with Gasteiger partial charge in [0, 0.05) is 21.8 Å². The van der Waals surface area contributed by atoms with Gasteiger partial charge in [0.05, 0.1) is 10.6 Å². The molecule has 0 saturated carbocycles. The fraction of sp³-hybridized carbons (Fsp3) is 0.208. The lowest BCUT2D eigenvalue weighted by atomic mass is 9.98. The van der Waals surface area contributed by atoms with Crippen LogP contribution in [0.15, 0.2) is 65.6 Å². The molecule has 31 heavy (non-hydrogen) atoms. The first-order chi connectivity index (χ1) is 14.7. The fourth-order valence-corrected chi connectivity index (χ4v) is 5.75. The zero-order valence-electron chi connectivity index (χ0n) is 17.5. The number of amides is 1. The van der Waals surface area contributed by atoms with Gasteiger partial charge < -0.3 is 5.32 Å². The van der Waals surface area contributed by atoms with Crippen molar-refractivity contribution in [3.8, 4) is 11.1 Å². The first kappa shape index (κ1) is 21.4. The monoisotopic (exact) mass is 454 g/mol. The van der Waals surface area contributed by atoms with E-state index in [9.17, 15) is 13.2 Å². The molecule has 0 aromatic heterocycles. The molecule has 160 valence electrons. The third kappa shape index (κ3) is 3.82. The van der Waals surface area contributed by atoms with Gasteiger partial charge in [-0.15, -0.1) is 0 Å². The predicted octanol–water partition coefficient (Wildman–Crippen LogP) is 5.59. The fourth-order valence-electron chi connectivity index (χ4n) is 3.93. The van der Waals surface area contributed by atoms with Crippen molar-refractivity contribution in [2.45, 2.75) is 31.6 Å². The zero-order valence-corrected chi connectivity index (χ0v) is 19.1. The number of anilines is 2. The van der Waals surface area contributed by atoms with Gasteiger partial charge in [-0.2, -0.15) is 0 Å². The van der Waals surface area contributed by atoms with Crippen LogP contribution in [0.5, 0.6) is 0 Å². The third-order valence-corrected chi connectivity index (χ3v) is 7.50. The Balaban J connectivity index is 1.74. The predicted molar refractivity (Wildman–Crippen MR) is 125 cm³/mol. The van der Waals surface area contributed by atoms with Crippen LogP contribution in [0.4, 0.5) is 11.4 Å². The van der Waals surface area contributed by atoms with E-state index in [1.54, 1.807) is 42.5 Å². The molecule has 1 N–H and O–H groups in total. The summed E-state index contributed by atoms with van der Waals surface area (Å²) in [5.41, 5.74) is 4.37. The Kier molecular flexibility index (Phi) is 5.54. The first-order valence-electron chi connectivity index (χ1n) is 10.0. The number of carbonyl (C=O) groups excluding carboxylic acids is 1. The van der Waals surface area contributed by atoms with Crippen LogP contribution < -0.4 is 9.62 Å². The van der Waals surface area contributed by atoms with E-state index in [0.29, 0.717) is 21.8 Å². The highest BCUT2D eigenvalue weighted by Crippen LogP contribution is 2.43. The summed E-state index contributed by atoms with van der Waals surface area (Å²) in [4.78, 5) is 13.2. The van der Waals surface area contributed by atoms with Crippen LogP contribution in [0, 0.1) is 6.92 Å². The molecule has 5 nitrogen and oxygen atoms in total. The van der Waals surface area contributed by atoms with Crippen molar-refractivity contribution in [3.05, 3.63) is 76.8 Å². The number of nitrogens with one attached hydrogen (secondary N) is 1. The van der Waals surface area contributed by atoms with Gasteiger partial charge >= 0.3 is 0 Å². The zero-order chi connectivity index (χ0) is 22.3. The molecule has 3 aromatic rings. The summed E-state index contributed by atoms with van der Waals surface area (Å²) in [5, 5.41) is 3.44. The van der Waals surface area contributed by atoms with Gasteiger partial charge in [-0.3, -0.25) is 9.10 Å². The van der Waals surface area contributed by atoms with Crippen LogP contribution >= 0.6 is 11.6 Å². The molecule has 1 amide bonds. The van der Waals surface area contributed by atoms with E-state index >= 15 is 0 Å². The van der Waals surface area contributed by atoms with E-state index in [1.165, 1.54) is 0 Å². The van der Waals surface area contributed by atoms with Crippen LogP contribution in [-0.2, 0) is 14.8 Å². The molecular weight excluding hydrogens is 432 g/mol. The van der Waals surface area contributed by atoms with E-state index in [-0.39, 0.29) is 17.4 Å². The number of halogens is 1. The average molecular weight is 455 g/mol. The van der Waals surface area contributed by atoms with E-state index in [4.69, 9.17) is 11.6 Å². The van der Waals surface area contributed by atoms with Crippen LogP contribution in [0.25, 0.3) is 11.1 Å². The van der Waals surface area contributed by atoms with Gasteiger partial charge in [0.25, 0.3) is 10.0 Å². The highest BCUT2D eigenvalue weighted by molar-refractivity contribution is 7.93. The average Bonchev–Trinajstić information content (AvgIpc) is 2.72. The summed E-state index contributed by atoms with van der Waals surface area (Å²) in [6.45, 7) is 5.69. The molecule has 0 fully saturated rings. The van der Waals surface area contributed by atoms with Crippen LogP contribution in [0.1, 0.15) is 30.9 Å². The topological polar surface area (TPSA) is 66.5 Å². The number of hydrogen-bond acceptors (Lipinski definition) is 3.